The van der Waals surface area contributed by atoms with Gasteiger partial charge in [-0.15, -0.1) is 11.8 Å². The van der Waals surface area contributed by atoms with Crippen LogP contribution in [0.1, 0.15) is 28.4 Å². The van der Waals surface area contributed by atoms with E-state index in [1.54, 1.807) is 36.0 Å². The second-order valence-electron chi connectivity index (χ2n) is 5.39. The van der Waals surface area contributed by atoms with Gasteiger partial charge in [0.15, 0.2) is 0 Å². The number of nitrogens with zero attached hydrogens (tertiary/aromatic N) is 1. The summed E-state index contributed by atoms with van der Waals surface area (Å²) < 4.78 is 0. The summed E-state index contributed by atoms with van der Waals surface area (Å²) in [5.74, 6) is 0.380. The molecule has 2 aromatic rings. The Balaban J connectivity index is 1.48. The van der Waals surface area contributed by atoms with Crippen LogP contribution >= 0.6 is 11.8 Å². The Labute approximate surface area is 139 Å². The summed E-state index contributed by atoms with van der Waals surface area (Å²) in [7, 11) is 0. The van der Waals surface area contributed by atoms with Crippen LogP contribution in [0.5, 0.6) is 5.75 Å². The number of hydrazone groups is 1. The molecule has 0 aromatic heterocycles. The van der Waals surface area contributed by atoms with Crippen molar-refractivity contribution in [1.82, 2.24) is 5.43 Å². The highest BCUT2D eigenvalue weighted by atomic mass is 32.2. The van der Waals surface area contributed by atoms with E-state index >= 15 is 0 Å². The Morgan fingerprint density at radius 3 is 2.91 bits per heavy atom. The SMILES string of the molecule is O=C(CS[C@H]1CCc2ccccc21)N/N=C/c1ccccc1O. The van der Waals surface area contributed by atoms with Crippen LogP contribution in [0.15, 0.2) is 53.6 Å². The molecule has 0 saturated heterocycles. The van der Waals surface area contributed by atoms with Gasteiger partial charge in [-0.25, -0.2) is 5.43 Å². The summed E-state index contributed by atoms with van der Waals surface area (Å²) >= 11 is 1.65. The van der Waals surface area contributed by atoms with Gasteiger partial charge >= 0.3 is 0 Å². The molecule has 0 unspecified atom stereocenters. The number of amides is 1. The molecule has 1 amide bonds. The van der Waals surface area contributed by atoms with Crippen molar-refractivity contribution < 1.29 is 9.90 Å². The van der Waals surface area contributed by atoms with E-state index in [0.29, 0.717) is 16.6 Å². The molecular formula is C18H18N2O2S. The minimum Gasteiger partial charge on any atom is -0.507 e. The van der Waals surface area contributed by atoms with Crippen molar-refractivity contribution >= 4 is 23.9 Å². The molecular weight excluding hydrogens is 308 g/mol. The van der Waals surface area contributed by atoms with Crippen LogP contribution in [-0.2, 0) is 11.2 Å². The second kappa shape index (κ2) is 7.33. The summed E-state index contributed by atoms with van der Waals surface area (Å²) in [5.41, 5.74) is 5.82. The fraction of sp³-hybridized carbons (Fsp3) is 0.222. The highest BCUT2D eigenvalue weighted by molar-refractivity contribution is 8.00. The molecule has 1 aliphatic carbocycles. The number of phenolic OH excluding ortho intramolecular Hbond substituents is 1. The quantitative estimate of drug-likeness (QED) is 0.655. The lowest BCUT2D eigenvalue weighted by molar-refractivity contribution is -0.118. The maximum Gasteiger partial charge on any atom is 0.250 e. The summed E-state index contributed by atoms with van der Waals surface area (Å²) in [6.45, 7) is 0. The lowest BCUT2D eigenvalue weighted by atomic mass is 10.1. The molecule has 118 valence electrons. The van der Waals surface area contributed by atoms with E-state index in [-0.39, 0.29) is 11.7 Å². The number of phenols is 1. The topological polar surface area (TPSA) is 61.7 Å². The molecule has 0 aliphatic heterocycles. The molecule has 1 aliphatic rings. The monoisotopic (exact) mass is 326 g/mol. The number of fused-ring (bicyclic) bond motifs is 1. The van der Waals surface area contributed by atoms with Crippen LogP contribution < -0.4 is 5.43 Å². The Morgan fingerprint density at radius 1 is 1.26 bits per heavy atom. The maximum atomic E-state index is 11.9. The number of hydrogen-bond donors (Lipinski definition) is 2. The number of aromatic hydroxyl groups is 1. The number of carbonyl (C=O) groups is 1. The summed E-state index contributed by atoms with van der Waals surface area (Å²) in [4.78, 5) is 11.9. The normalized spacial score (nSPS) is 16.4. The molecule has 0 bridgehead atoms. The highest BCUT2D eigenvalue weighted by Crippen LogP contribution is 2.40. The van der Waals surface area contributed by atoms with Gasteiger partial charge in [0.05, 0.1) is 12.0 Å². The van der Waals surface area contributed by atoms with E-state index < -0.39 is 0 Å². The van der Waals surface area contributed by atoms with Crippen molar-refractivity contribution in [3.05, 3.63) is 65.2 Å². The Kier molecular flexibility index (Phi) is 4.98. The highest BCUT2D eigenvalue weighted by Gasteiger charge is 2.22. The van der Waals surface area contributed by atoms with Crippen molar-refractivity contribution in [2.24, 2.45) is 5.10 Å². The molecule has 23 heavy (non-hydrogen) atoms. The van der Waals surface area contributed by atoms with Gasteiger partial charge in [0.2, 0.25) is 5.91 Å². The fourth-order valence-corrected chi connectivity index (χ4v) is 3.78. The first kappa shape index (κ1) is 15.6. The van der Waals surface area contributed by atoms with Gasteiger partial charge in [-0.3, -0.25) is 4.79 Å². The van der Waals surface area contributed by atoms with Gasteiger partial charge in [0.1, 0.15) is 5.75 Å². The van der Waals surface area contributed by atoms with E-state index in [1.807, 2.05) is 0 Å². The van der Waals surface area contributed by atoms with Gasteiger partial charge in [-0.1, -0.05) is 36.4 Å². The van der Waals surface area contributed by atoms with Crippen molar-refractivity contribution in [1.29, 1.82) is 0 Å². The van der Waals surface area contributed by atoms with E-state index in [2.05, 4.69) is 34.8 Å². The van der Waals surface area contributed by atoms with E-state index in [4.69, 9.17) is 0 Å². The molecule has 0 spiro atoms. The number of thioether (sulfide) groups is 1. The van der Waals surface area contributed by atoms with E-state index in [9.17, 15) is 9.90 Å². The first-order chi connectivity index (χ1) is 11.2. The molecule has 0 saturated carbocycles. The predicted octanol–water partition coefficient (Wildman–Crippen LogP) is 3.26. The molecule has 2 N–H and O–H groups in total. The van der Waals surface area contributed by atoms with Crippen molar-refractivity contribution in [3.8, 4) is 5.75 Å². The van der Waals surface area contributed by atoms with Gasteiger partial charge in [-0.05, 0) is 36.1 Å². The third-order valence-electron chi connectivity index (χ3n) is 3.82. The number of benzene rings is 2. The summed E-state index contributed by atoms with van der Waals surface area (Å²) in [6, 6.07) is 15.3. The number of hydrogen-bond acceptors (Lipinski definition) is 4. The van der Waals surface area contributed by atoms with Crippen molar-refractivity contribution in [2.75, 3.05) is 5.75 Å². The molecule has 0 fully saturated rings. The zero-order chi connectivity index (χ0) is 16.1. The van der Waals surface area contributed by atoms with E-state index in [0.717, 1.165) is 12.8 Å². The Hall–Kier alpha value is -2.27. The first-order valence-electron chi connectivity index (χ1n) is 7.53. The molecule has 5 heteroatoms. The standard InChI is InChI=1S/C18H18N2O2S/c21-16-8-4-2-6-14(16)11-19-20-18(22)12-23-17-10-9-13-5-1-3-7-15(13)17/h1-8,11,17,21H,9-10,12H2,(H,20,22)/b19-11+/t17-/m0/s1. The van der Waals surface area contributed by atoms with Crippen molar-refractivity contribution in [2.45, 2.75) is 18.1 Å². The van der Waals surface area contributed by atoms with Crippen molar-refractivity contribution in [3.63, 3.8) is 0 Å². The maximum absolute atomic E-state index is 11.9. The number of para-hydroxylation sites is 1. The van der Waals surface area contributed by atoms with Crippen LogP contribution in [0.3, 0.4) is 0 Å². The Bertz CT molecular complexity index is 730. The zero-order valence-corrected chi connectivity index (χ0v) is 13.4. The van der Waals surface area contributed by atoms with Crippen LogP contribution in [0.25, 0.3) is 0 Å². The lowest BCUT2D eigenvalue weighted by Gasteiger charge is -2.10. The molecule has 0 radical (unpaired) electrons. The Morgan fingerprint density at radius 2 is 2.04 bits per heavy atom. The first-order valence-corrected chi connectivity index (χ1v) is 8.58. The van der Waals surface area contributed by atoms with E-state index in [1.165, 1.54) is 17.3 Å². The van der Waals surface area contributed by atoms with Crippen LogP contribution in [-0.4, -0.2) is 23.0 Å². The van der Waals surface area contributed by atoms with Gasteiger partial charge < -0.3 is 5.11 Å². The molecule has 1 atom stereocenters. The third kappa shape index (κ3) is 3.93. The number of aryl methyl sites for hydroxylation is 1. The minimum absolute atomic E-state index is 0.133. The molecule has 3 rings (SSSR count). The molecule has 2 aromatic carbocycles. The molecule has 4 nitrogen and oxygen atoms in total. The van der Waals surface area contributed by atoms with Gasteiger partial charge in [0, 0.05) is 10.8 Å². The zero-order valence-electron chi connectivity index (χ0n) is 12.6. The third-order valence-corrected chi connectivity index (χ3v) is 5.14. The number of carbonyl (C=O) groups excluding carboxylic acids is 1. The van der Waals surface area contributed by atoms with Gasteiger partial charge in [0.25, 0.3) is 0 Å². The smallest absolute Gasteiger partial charge is 0.250 e. The van der Waals surface area contributed by atoms with Crippen LogP contribution in [0.2, 0.25) is 0 Å². The van der Waals surface area contributed by atoms with Gasteiger partial charge in [-0.2, -0.15) is 5.10 Å². The molecule has 0 heterocycles. The second-order valence-corrected chi connectivity index (χ2v) is 6.58. The van der Waals surface area contributed by atoms with Crippen LogP contribution in [0.4, 0.5) is 0 Å². The minimum atomic E-state index is -0.133. The summed E-state index contributed by atoms with van der Waals surface area (Å²) in [6.07, 6.45) is 3.61. The fourth-order valence-electron chi connectivity index (χ4n) is 2.67. The van der Waals surface area contributed by atoms with Crippen LogP contribution in [0, 0.1) is 0 Å². The summed E-state index contributed by atoms with van der Waals surface area (Å²) in [5, 5.41) is 13.9. The number of nitrogens with one attached hydrogen (secondary N) is 1. The lowest BCUT2D eigenvalue weighted by Crippen LogP contribution is -2.20. The average molecular weight is 326 g/mol. The largest absolute Gasteiger partial charge is 0.507 e. The average Bonchev–Trinajstić information content (AvgIpc) is 2.98. The predicted molar refractivity (Wildman–Crippen MR) is 93.8 cm³/mol. The number of rotatable bonds is 5.